The maximum Gasteiger partial charge on any atom is 0.264 e. The lowest BCUT2D eigenvalue weighted by Gasteiger charge is -2.22. The van der Waals surface area contributed by atoms with Gasteiger partial charge in [-0.2, -0.15) is 0 Å². The van der Waals surface area contributed by atoms with Gasteiger partial charge in [-0.15, -0.1) is 0 Å². The fourth-order valence-electron chi connectivity index (χ4n) is 2.14. The highest BCUT2D eigenvalue weighted by atomic mass is 32.2. The Morgan fingerprint density at radius 3 is 2.57 bits per heavy atom. The summed E-state index contributed by atoms with van der Waals surface area (Å²) in [5.74, 6) is -0.618. The molecule has 0 bridgehead atoms. The summed E-state index contributed by atoms with van der Waals surface area (Å²) in [6.45, 7) is 3.04. The zero-order chi connectivity index (χ0) is 15.8. The number of hydrogen-bond donors (Lipinski definition) is 1. The van der Waals surface area contributed by atoms with E-state index in [0.717, 1.165) is 10.4 Å². The van der Waals surface area contributed by atoms with Crippen molar-refractivity contribution >= 4 is 21.4 Å². The van der Waals surface area contributed by atoms with Crippen LogP contribution in [0.3, 0.4) is 0 Å². The van der Waals surface area contributed by atoms with Gasteiger partial charge in [0, 0.05) is 13.2 Å². The van der Waals surface area contributed by atoms with E-state index in [1.165, 1.54) is 20.2 Å². The van der Waals surface area contributed by atoms with Gasteiger partial charge in [0.1, 0.15) is 5.82 Å². The van der Waals surface area contributed by atoms with Crippen molar-refractivity contribution in [1.82, 2.24) is 4.98 Å². The van der Waals surface area contributed by atoms with Crippen LogP contribution in [0.25, 0.3) is 0 Å². The standard InChI is InChI=1S/C14H16FN3O2S/c1-9-7-12(15)13(16)10(2)14(9)21(19,20)18(3)11-5-4-6-17-8-11/h4-8H,16H2,1-3H3. The van der Waals surface area contributed by atoms with Crippen LogP contribution in [-0.2, 0) is 10.0 Å². The summed E-state index contributed by atoms with van der Waals surface area (Å²) in [4.78, 5) is 3.92. The normalized spacial score (nSPS) is 11.4. The molecular formula is C14H16FN3O2S. The highest BCUT2D eigenvalue weighted by Crippen LogP contribution is 2.31. The summed E-state index contributed by atoms with van der Waals surface area (Å²) >= 11 is 0. The fourth-order valence-corrected chi connectivity index (χ4v) is 3.77. The van der Waals surface area contributed by atoms with Gasteiger partial charge in [0.2, 0.25) is 0 Å². The van der Waals surface area contributed by atoms with Crippen LogP contribution in [0.1, 0.15) is 11.1 Å². The van der Waals surface area contributed by atoms with Crippen molar-refractivity contribution in [1.29, 1.82) is 0 Å². The van der Waals surface area contributed by atoms with Gasteiger partial charge in [-0.1, -0.05) is 0 Å². The average Bonchev–Trinajstić information content (AvgIpc) is 2.44. The first-order chi connectivity index (χ1) is 9.76. The molecule has 5 nitrogen and oxygen atoms in total. The zero-order valence-electron chi connectivity index (χ0n) is 12.0. The van der Waals surface area contributed by atoms with Crippen molar-refractivity contribution in [2.75, 3.05) is 17.1 Å². The van der Waals surface area contributed by atoms with Gasteiger partial charge in [-0.3, -0.25) is 9.29 Å². The third kappa shape index (κ3) is 2.56. The number of rotatable bonds is 3. The second-order valence-electron chi connectivity index (χ2n) is 4.73. The molecule has 0 aliphatic rings. The maximum atomic E-state index is 13.6. The molecule has 1 aromatic heterocycles. The van der Waals surface area contributed by atoms with Gasteiger partial charge in [0.25, 0.3) is 10.0 Å². The summed E-state index contributed by atoms with van der Waals surface area (Å²) in [6.07, 6.45) is 2.99. The van der Waals surface area contributed by atoms with Crippen molar-refractivity contribution in [2.24, 2.45) is 0 Å². The van der Waals surface area contributed by atoms with Crippen LogP contribution in [0.5, 0.6) is 0 Å². The lowest BCUT2D eigenvalue weighted by molar-refractivity contribution is 0.591. The molecule has 2 N–H and O–H groups in total. The molecule has 7 heteroatoms. The first kappa shape index (κ1) is 15.2. The Balaban J connectivity index is 2.63. The van der Waals surface area contributed by atoms with E-state index in [2.05, 4.69) is 4.98 Å². The third-order valence-corrected chi connectivity index (χ3v) is 5.41. The zero-order valence-corrected chi connectivity index (χ0v) is 12.8. The van der Waals surface area contributed by atoms with E-state index < -0.39 is 15.8 Å². The molecule has 112 valence electrons. The average molecular weight is 309 g/mol. The molecule has 0 fully saturated rings. The number of halogens is 1. The van der Waals surface area contributed by atoms with Crippen molar-refractivity contribution < 1.29 is 12.8 Å². The minimum Gasteiger partial charge on any atom is -0.396 e. The second kappa shape index (κ2) is 5.33. The first-order valence-electron chi connectivity index (χ1n) is 6.21. The molecule has 0 aliphatic heterocycles. The van der Waals surface area contributed by atoms with Crippen molar-refractivity contribution in [2.45, 2.75) is 18.7 Å². The summed E-state index contributed by atoms with van der Waals surface area (Å²) in [6, 6.07) is 4.40. The van der Waals surface area contributed by atoms with Gasteiger partial charge in [-0.25, -0.2) is 12.8 Å². The largest absolute Gasteiger partial charge is 0.396 e. The summed E-state index contributed by atoms with van der Waals surface area (Å²) < 4.78 is 40.2. The number of nitrogens with two attached hydrogens (primary N) is 1. The third-order valence-electron chi connectivity index (χ3n) is 3.33. The first-order valence-corrected chi connectivity index (χ1v) is 7.65. The maximum absolute atomic E-state index is 13.6. The Labute approximate surface area is 123 Å². The Kier molecular flexibility index (Phi) is 3.87. The predicted molar refractivity (Wildman–Crippen MR) is 80.1 cm³/mol. The molecule has 0 spiro atoms. The summed E-state index contributed by atoms with van der Waals surface area (Å²) in [5.41, 5.74) is 6.40. The van der Waals surface area contributed by atoms with Crippen LogP contribution in [0.15, 0.2) is 35.5 Å². The van der Waals surface area contributed by atoms with Crippen molar-refractivity contribution in [3.63, 3.8) is 0 Å². The van der Waals surface area contributed by atoms with Crippen molar-refractivity contribution in [3.8, 4) is 0 Å². The van der Waals surface area contributed by atoms with Gasteiger partial charge < -0.3 is 5.73 Å². The van der Waals surface area contributed by atoms with E-state index in [9.17, 15) is 12.8 Å². The lowest BCUT2D eigenvalue weighted by atomic mass is 10.1. The molecule has 1 aromatic carbocycles. The predicted octanol–water partition coefficient (Wildman–Crippen LogP) is 2.24. The van der Waals surface area contributed by atoms with E-state index >= 15 is 0 Å². The Morgan fingerprint density at radius 1 is 1.33 bits per heavy atom. The quantitative estimate of drug-likeness (QED) is 0.882. The Morgan fingerprint density at radius 2 is 2.00 bits per heavy atom. The van der Waals surface area contributed by atoms with Gasteiger partial charge in [0.15, 0.2) is 0 Å². The highest BCUT2D eigenvalue weighted by Gasteiger charge is 2.27. The number of nitrogen functional groups attached to an aromatic ring is 1. The summed E-state index contributed by atoms with van der Waals surface area (Å²) in [7, 11) is -2.42. The molecule has 1 heterocycles. The molecule has 0 unspecified atom stereocenters. The van der Waals surface area contributed by atoms with E-state index in [0.29, 0.717) is 11.3 Å². The number of sulfonamides is 1. The lowest BCUT2D eigenvalue weighted by Crippen LogP contribution is -2.28. The molecule has 0 saturated carbocycles. The molecule has 0 atom stereocenters. The monoisotopic (exact) mass is 309 g/mol. The van der Waals surface area contributed by atoms with Crippen LogP contribution < -0.4 is 10.0 Å². The van der Waals surface area contributed by atoms with Crippen LogP contribution in [0.2, 0.25) is 0 Å². The molecule has 0 amide bonds. The number of pyridine rings is 1. The SMILES string of the molecule is Cc1cc(F)c(N)c(C)c1S(=O)(=O)N(C)c1cccnc1. The smallest absolute Gasteiger partial charge is 0.264 e. The fraction of sp³-hybridized carbons (Fsp3) is 0.214. The number of anilines is 2. The van der Waals surface area contributed by atoms with E-state index in [-0.39, 0.29) is 16.1 Å². The second-order valence-corrected chi connectivity index (χ2v) is 6.63. The summed E-state index contributed by atoms with van der Waals surface area (Å²) in [5, 5.41) is 0. The van der Waals surface area contributed by atoms with Gasteiger partial charge >= 0.3 is 0 Å². The Hall–Kier alpha value is -2.15. The number of aromatic nitrogens is 1. The molecule has 0 radical (unpaired) electrons. The van der Waals surface area contributed by atoms with Crippen LogP contribution in [0.4, 0.5) is 15.8 Å². The molecule has 0 aliphatic carbocycles. The van der Waals surface area contributed by atoms with Gasteiger partial charge in [-0.05, 0) is 43.2 Å². The Bertz CT molecular complexity index is 777. The van der Waals surface area contributed by atoms with Gasteiger partial charge in [0.05, 0.1) is 22.5 Å². The molecule has 2 rings (SSSR count). The number of nitrogens with zero attached hydrogens (tertiary/aromatic N) is 2. The highest BCUT2D eigenvalue weighted by molar-refractivity contribution is 7.93. The molecule has 0 saturated heterocycles. The number of aryl methyl sites for hydroxylation is 1. The van der Waals surface area contributed by atoms with Crippen molar-refractivity contribution in [3.05, 3.63) is 47.5 Å². The van der Waals surface area contributed by atoms with Crippen LogP contribution in [0, 0.1) is 19.7 Å². The number of hydrogen-bond acceptors (Lipinski definition) is 4. The van der Waals surface area contributed by atoms with E-state index in [1.807, 2.05) is 0 Å². The number of benzene rings is 1. The van der Waals surface area contributed by atoms with E-state index in [4.69, 9.17) is 5.73 Å². The van der Waals surface area contributed by atoms with Crippen LogP contribution in [-0.4, -0.2) is 20.4 Å². The molecular weight excluding hydrogens is 293 g/mol. The van der Waals surface area contributed by atoms with E-state index in [1.54, 1.807) is 25.3 Å². The molecule has 2 aromatic rings. The minimum absolute atomic E-state index is 0.0211. The minimum atomic E-state index is -3.85. The molecule has 21 heavy (non-hydrogen) atoms. The topological polar surface area (TPSA) is 76.3 Å². The van der Waals surface area contributed by atoms with Crippen LogP contribution >= 0.6 is 0 Å².